The van der Waals surface area contributed by atoms with Gasteiger partial charge in [0.05, 0.1) is 0 Å². The van der Waals surface area contributed by atoms with E-state index in [1.165, 1.54) is 27.8 Å². The second kappa shape index (κ2) is 4.50. The Morgan fingerprint density at radius 1 is 0.765 bits per heavy atom. The van der Waals surface area contributed by atoms with Gasteiger partial charge in [-0.25, -0.2) is 0 Å². The average molecular weight is 285 g/mol. The summed E-state index contributed by atoms with van der Waals surface area (Å²) in [7, 11) is 0. The molecule has 2 aromatic rings. The molecule has 0 saturated carbocycles. The van der Waals surface area contributed by atoms with Crippen LogP contribution in [0.1, 0.15) is 22.3 Å². The van der Waals surface area contributed by atoms with E-state index in [0.29, 0.717) is 0 Å². The number of halogens is 1. The summed E-state index contributed by atoms with van der Waals surface area (Å²) >= 11 is 3.52. The van der Waals surface area contributed by atoms with Gasteiger partial charge < -0.3 is 0 Å². The van der Waals surface area contributed by atoms with Gasteiger partial charge in [0, 0.05) is 0 Å². The molecule has 1 aliphatic carbocycles. The lowest BCUT2D eigenvalue weighted by molar-refractivity contribution is 0.965. The molecule has 0 aromatic heterocycles. The van der Waals surface area contributed by atoms with Gasteiger partial charge in [-0.3, -0.25) is 0 Å². The van der Waals surface area contributed by atoms with E-state index in [-0.39, 0.29) is 0 Å². The van der Waals surface area contributed by atoms with Crippen LogP contribution in [0.3, 0.4) is 0 Å². The molecule has 0 spiro atoms. The van der Waals surface area contributed by atoms with Crippen LogP contribution in [-0.4, -0.2) is 0 Å². The summed E-state index contributed by atoms with van der Waals surface area (Å²) in [6.07, 6.45) is 2.25. The fourth-order valence-corrected chi connectivity index (χ4v) is 3.03. The maximum atomic E-state index is 3.52. The summed E-state index contributed by atoms with van der Waals surface area (Å²) in [4.78, 5) is 2.05. The van der Waals surface area contributed by atoms with Crippen molar-refractivity contribution in [1.29, 1.82) is 0 Å². The van der Waals surface area contributed by atoms with Crippen LogP contribution in [0.2, 0.25) is 0 Å². The van der Waals surface area contributed by atoms with Crippen LogP contribution in [0.15, 0.2) is 53.5 Å². The van der Waals surface area contributed by atoms with Crippen LogP contribution in [-0.2, 0) is 12.8 Å². The fraction of sp³-hybridized carbons (Fsp3) is 0.125. The SMILES string of the molecule is BrC=C1c2ccccc2CCc2ccccc21. The molecule has 0 unspecified atom stereocenters. The summed E-state index contributed by atoms with van der Waals surface area (Å²) in [6, 6.07) is 17.4. The Hall–Kier alpha value is -1.34. The smallest absolute Gasteiger partial charge is 0.00366 e. The van der Waals surface area contributed by atoms with Crippen LogP contribution in [0.5, 0.6) is 0 Å². The first-order chi connectivity index (χ1) is 8.40. The van der Waals surface area contributed by atoms with Crippen molar-refractivity contribution in [2.45, 2.75) is 12.8 Å². The summed E-state index contributed by atoms with van der Waals surface area (Å²) in [5.41, 5.74) is 6.89. The molecule has 0 N–H and O–H groups in total. The van der Waals surface area contributed by atoms with Crippen molar-refractivity contribution in [1.82, 2.24) is 0 Å². The second-order valence-electron chi connectivity index (χ2n) is 4.34. The molecule has 0 heterocycles. The Morgan fingerprint density at radius 3 is 1.71 bits per heavy atom. The van der Waals surface area contributed by atoms with E-state index in [1.807, 2.05) is 0 Å². The molecule has 0 atom stereocenters. The fourth-order valence-electron chi connectivity index (χ4n) is 2.53. The number of fused-ring (bicyclic) bond motifs is 2. The Labute approximate surface area is 110 Å². The van der Waals surface area contributed by atoms with Crippen LogP contribution in [0.25, 0.3) is 5.57 Å². The quantitative estimate of drug-likeness (QED) is 0.665. The molecule has 17 heavy (non-hydrogen) atoms. The lowest BCUT2D eigenvalue weighted by Gasteiger charge is -2.10. The summed E-state index contributed by atoms with van der Waals surface area (Å²) in [5.74, 6) is 0. The van der Waals surface area contributed by atoms with E-state index < -0.39 is 0 Å². The third-order valence-corrected chi connectivity index (χ3v) is 3.85. The molecule has 0 nitrogen and oxygen atoms in total. The maximum absolute atomic E-state index is 3.52. The predicted molar refractivity (Wildman–Crippen MR) is 76.3 cm³/mol. The Kier molecular flexibility index (Phi) is 2.86. The van der Waals surface area contributed by atoms with Gasteiger partial charge in [-0.1, -0.05) is 64.5 Å². The van der Waals surface area contributed by atoms with Gasteiger partial charge in [-0.15, -0.1) is 0 Å². The Bertz CT molecular complexity index is 532. The molecular formula is C16H13Br. The highest BCUT2D eigenvalue weighted by Crippen LogP contribution is 2.33. The van der Waals surface area contributed by atoms with E-state index >= 15 is 0 Å². The zero-order valence-corrected chi connectivity index (χ0v) is 11.1. The van der Waals surface area contributed by atoms with Gasteiger partial charge in [0.25, 0.3) is 0 Å². The van der Waals surface area contributed by atoms with Crippen LogP contribution in [0, 0.1) is 0 Å². The van der Waals surface area contributed by atoms with E-state index in [9.17, 15) is 0 Å². The molecule has 0 radical (unpaired) electrons. The molecule has 3 rings (SSSR count). The first-order valence-corrected chi connectivity index (χ1v) is 6.78. The molecule has 0 saturated heterocycles. The molecule has 0 bridgehead atoms. The van der Waals surface area contributed by atoms with Crippen molar-refractivity contribution >= 4 is 21.5 Å². The zero-order valence-electron chi connectivity index (χ0n) is 9.49. The van der Waals surface area contributed by atoms with E-state index in [0.717, 1.165) is 12.8 Å². The standard InChI is InChI=1S/C16H13Br/c17-11-16-14-7-3-1-5-12(14)9-10-13-6-2-4-8-15(13)16/h1-8,11H,9-10H2. The van der Waals surface area contributed by atoms with Crippen molar-refractivity contribution in [3.05, 3.63) is 75.8 Å². The Morgan fingerprint density at radius 2 is 1.24 bits per heavy atom. The lowest BCUT2D eigenvalue weighted by Crippen LogP contribution is -1.90. The van der Waals surface area contributed by atoms with Gasteiger partial charge in [0.15, 0.2) is 0 Å². The number of aryl methyl sites for hydroxylation is 2. The second-order valence-corrected chi connectivity index (χ2v) is 4.79. The largest absolute Gasteiger partial charge is 0.0620 e. The molecule has 0 aliphatic heterocycles. The number of hydrogen-bond donors (Lipinski definition) is 0. The van der Waals surface area contributed by atoms with Gasteiger partial charge in [0.1, 0.15) is 0 Å². The first kappa shape index (κ1) is 10.8. The zero-order chi connectivity index (χ0) is 11.7. The molecular weight excluding hydrogens is 272 g/mol. The van der Waals surface area contributed by atoms with Gasteiger partial charge in [0.2, 0.25) is 0 Å². The average Bonchev–Trinajstić information content (AvgIpc) is 2.55. The van der Waals surface area contributed by atoms with Crippen molar-refractivity contribution in [3.8, 4) is 0 Å². The summed E-state index contributed by atoms with van der Waals surface area (Å²) in [6.45, 7) is 0. The normalized spacial score (nSPS) is 13.6. The monoisotopic (exact) mass is 284 g/mol. The van der Waals surface area contributed by atoms with Crippen molar-refractivity contribution in [2.24, 2.45) is 0 Å². The number of rotatable bonds is 0. The Balaban J connectivity index is 2.27. The summed E-state index contributed by atoms with van der Waals surface area (Å²) in [5, 5.41) is 0. The molecule has 84 valence electrons. The number of benzene rings is 2. The highest BCUT2D eigenvalue weighted by molar-refractivity contribution is 9.11. The van der Waals surface area contributed by atoms with Crippen LogP contribution < -0.4 is 0 Å². The van der Waals surface area contributed by atoms with Gasteiger partial charge in [-0.05, 0) is 45.7 Å². The molecule has 0 amide bonds. The van der Waals surface area contributed by atoms with E-state index in [4.69, 9.17) is 0 Å². The van der Waals surface area contributed by atoms with Crippen molar-refractivity contribution in [2.75, 3.05) is 0 Å². The predicted octanol–water partition coefficient (Wildman–Crippen LogP) is 4.57. The van der Waals surface area contributed by atoms with Crippen LogP contribution in [0.4, 0.5) is 0 Å². The third kappa shape index (κ3) is 1.85. The third-order valence-electron chi connectivity index (χ3n) is 3.39. The molecule has 1 heteroatoms. The molecule has 1 aliphatic rings. The molecule has 2 aromatic carbocycles. The van der Waals surface area contributed by atoms with E-state index in [2.05, 4.69) is 69.4 Å². The van der Waals surface area contributed by atoms with Gasteiger partial charge in [-0.2, -0.15) is 0 Å². The minimum Gasteiger partial charge on any atom is -0.0620 e. The van der Waals surface area contributed by atoms with Crippen molar-refractivity contribution in [3.63, 3.8) is 0 Å². The van der Waals surface area contributed by atoms with Crippen LogP contribution >= 0.6 is 15.9 Å². The number of hydrogen-bond acceptors (Lipinski definition) is 0. The van der Waals surface area contributed by atoms with Crippen molar-refractivity contribution < 1.29 is 0 Å². The highest BCUT2D eigenvalue weighted by atomic mass is 79.9. The molecule has 0 fully saturated rings. The van der Waals surface area contributed by atoms with E-state index in [1.54, 1.807) is 0 Å². The highest BCUT2D eigenvalue weighted by Gasteiger charge is 2.16. The lowest BCUT2D eigenvalue weighted by atomic mass is 9.96. The van der Waals surface area contributed by atoms with Gasteiger partial charge >= 0.3 is 0 Å². The summed E-state index contributed by atoms with van der Waals surface area (Å²) < 4.78 is 0. The first-order valence-electron chi connectivity index (χ1n) is 5.87. The topological polar surface area (TPSA) is 0 Å². The minimum absolute atomic E-state index is 1.12. The minimum atomic E-state index is 1.12. The maximum Gasteiger partial charge on any atom is -0.00366 e.